The number of carbonyl (C=O) groups is 3. The van der Waals surface area contributed by atoms with E-state index in [1.807, 2.05) is 20.8 Å². The standard InChI is InChI=1S/C18H21N3O4S/c1-10-14(26-17(20-10)18(2,3)4)16(25)21-12-7-5-11(6-8-12)15(24)19-9-13(22)23/h5-8H,9H2,1-4H3,(H,19,24)(H,21,25)(H,22,23). The number of aryl methyl sites for hydroxylation is 1. The number of benzene rings is 1. The average Bonchev–Trinajstić information content (AvgIpc) is 2.95. The Balaban J connectivity index is 2.07. The molecule has 1 aromatic carbocycles. The number of carboxylic acid groups (broad SMARTS) is 1. The summed E-state index contributed by atoms with van der Waals surface area (Å²) in [7, 11) is 0. The number of hydrogen-bond acceptors (Lipinski definition) is 5. The van der Waals surface area contributed by atoms with Gasteiger partial charge in [-0.25, -0.2) is 4.98 Å². The van der Waals surface area contributed by atoms with Crippen LogP contribution in [0.25, 0.3) is 0 Å². The Hall–Kier alpha value is -2.74. The fourth-order valence-electron chi connectivity index (χ4n) is 2.08. The van der Waals surface area contributed by atoms with Crippen LogP contribution < -0.4 is 10.6 Å². The summed E-state index contributed by atoms with van der Waals surface area (Å²) in [5.74, 6) is -1.85. The zero-order valence-corrected chi connectivity index (χ0v) is 15.9. The molecule has 1 heterocycles. The van der Waals surface area contributed by atoms with Gasteiger partial charge in [0.05, 0.1) is 10.7 Å². The lowest BCUT2D eigenvalue weighted by molar-refractivity contribution is -0.135. The molecule has 0 atom stereocenters. The lowest BCUT2D eigenvalue weighted by atomic mass is 9.98. The largest absolute Gasteiger partial charge is 0.480 e. The maximum absolute atomic E-state index is 12.5. The number of hydrogen-bond donors (Lipinski definition) is 3. The van der Waals surface area contributed by atoms with Crippen LogP contribution in [-0.4, -0.2) is 34.4 Å². The molecule has 0 aliphatic heterocycles. The van der Waals surface area contributed by atoms with Crippen molar-refractivity contribution < 1.29 is 19.5 Å². The number of amides is 2. The van der Waals surface area contributed by atoms with E-state index in [-0.39, 0.29) is 11.3 Å². The third-order valence-electron chi connectivity index (χ3n) is 3.45. The fourth-order valence-corrected chi connectivity index (χ4v) is 3.10. The zero-order valence-electron chi connectivity index (χ0n) is 15.0. The van der Waals surface area contributed by atoms with E-state index in [1.54, 1.807) is 19.1 Å². The monoisotopic (exact) mass is 375 g/mol. The van der Waals surface area contributed by atoms with Crippen molar-refractivity contribution in [1.82, 2.24) is 10.3 Å². The highest BCUT2D eigenvalue weighted by molar-refractivity contribution is 7.14. The third kappa shape index (κ3) is 4.89. The first kappa shape index (κ1) is 19.6. The first-order chi connectivity index (χ1) is 12.1. The zero-order chi connectivity index (χ0) is 19.5. The van der Waals surface area contributed by atoms with E-state index in [0.717, 1.165) is 5.01 Å². The summed E-state index contributed by atoms with van der Waals surface area (Å²) in [6, 6.07) is 6.23. The number of anilines is 1. The van der Waals surface area contributed by atoms with E-state index < -0.39 is 18.4 Å². The second-order valence-corrected chi connectivity index (χ2v) is 7.79. The van der Waals surface area contributed by atoms with Gasteiger partial charge in [-0.05, 0) is 31.2 Å². The number of thiazole rings is 1. The minimum absolute atomic E-state index is 0.126. The predicted octanol–water partition coefficient (Wildman–Crippen LogP) is 2.82. The molecule has 0 bridgehead atoms. The van der Waals surface area contributed by atoms with Gasteiger partial charge in [-0.1, -0.05) is 20.8 Å². The van der Waals surface area contributed by atoms with Gasteiger partial charge in [0.15, 0.2) is 0 Å². The van der Waals surface area contributed by atoms with E-state index in [0.29, 0.717) is 21.8 Å². The van der Waals surface area contributed by atoms with Crippen LogP contribution in [0.15, 0.2) is 24.3 Å². The van der Waals surface area contributed by atoms with Gasteiger partial charge in [0.2, 0.25) is 0 Å². The smallest absolute Gasteiger partial charge is 0.322 e. The van der Waals surface area contributed by atoms with Crippen molar-refractivity contribution in [3.63, 3.8) is 0 Å². The number of nitrogens with zero attached hydrogens (tertiary/aromatic N) is 1. The highest BCUT2D eigenvalue weighted by atomic mass is 32.1. The molecule has 3 N–H and O–H groups in total. The van der Waals surface area contributed by atoms with Crippen molar-refractivity contribution in [1.29, 1.82) is 0 Å². The Bertz CT molecular complexity index is 835. The number of carboxylic acids is 1. The third-order valence-corrected chi connectivity index (χ3v) is 5.03. The van der Waals surface area contributed by atoms with Crippen molar-refractivity contribution in [2.24, 2.45) is 0 Å². The van der Waals surface area contributed by atoms with E-state index in [1.165, 1.54) is 23.5 Å². The Morgan fingerprint density at radius 2 is 1.73 bits per heavy atom. The lowest BCUT2D eigenvalue weighted by Crippen LogP contribution is -2.29. The van der Waals surface area contributed by atoms with E-state index >= 15 is 0 Å². The van der Waals surface area contributed by atoms with Gasteiger partial charge in [-0.3, -0.25) is 14.4 Å². The Kier molecular flexibility index (Phi) is 5.76. The summed E-state index contributed by atoms with van der Waals surface area (Å²) in [4.78, 5) is 39.8. The molecule has 1 aromatic heterocycles. The second-order valence-electron chi connectivity index (χ2n) is 6.79. The van der Waals surface area contributed by atoms with Gasteiger partial charge in [0.25, 0.3) is 11.8 Å². The van der Waals surface area contributed by atoms with Gasteiger partial charge in [0, 0.05) is 16.7 Å². The molecular weight excluding hydrogens is 354 g/mol. The molecule has 0 spiro atoms. The van der Waals surface area contributed by atoms with E-state index in [9.17, 15) is 14.4 Å². The van der Waals surface area contributed by atoms with Gasteiger partial charge in [-0.15, -0.1) is 11.3 Å². The number of rotatable bonds is 5. The van der Waals surface area contributed by atoms with Gasteiger partial charge in [0.1, 0.15) is 11.4 Å². The molecule has 7 nitrogen and oxygen atoms in total. The maximum Gasteiger partial charge on any atom is 0.322 e. The van der Waals surface area contributed by atoms with Gasteiger partial charge >= 0.3 is 5.97 Å². The van der Waals surface area contributed by atoms with Crippen LogP contribution >= 0.6 is 11.3 Å². The van der Waals surface area contributed by atoms with Crippen molar-refractivity contribution in [3.05, 3.63) is 45.4 Å². The maximum atomic E-state index is 12.5. The second kappa shape index (κ2) is 7.65. The summed E-state index contributed by atoms with van der Waals surface area (Å²) in [6.45, 7) is 7.48. The van der Waals surface area contributed by atoms with E-state index in [4.69, 9.17) is 5.11 Å². The molecule has 2 amide bonds. The van der Waals surface area contributed by atoms with Crippen molar-refractivity contribution in [2.45, 2.75) is 33.1 Å². The van der Waals surface area contributed by atoms with Crippen LogP contribution in [0.2, 0.25) is 0 Å². The number of nitrogens with one attached hydrogen (secondary N) is 2. The predicted molar refractivity (Wildman–Crippen MR) is 99.9 cm³/mol. The van der Waals surface area contributed by atoms with E-state index in [2.05, 4.69) is 15.6 Å². The molecule has 2 aromatic rings. The van der Waals surface area contributed by atoms with Crippen molar-refractivity contribution in [3.8, 4) is 0 Å². The summed E-state index contributed by atoms with van der Waals surface area (Å²) < 4.78 is 0. The van der Waals surface area contributed by atoms with Crippen molar-refractivity contribution >= 4 is 34.8 Å². The van der Waals surface area contributed by atoms with Crippen LogP contribution in [0.4, 0.5) is 5.69 Å². The quantitative estimate of drug-likeness (QED) is 0.745. The average molecular weight is 375 g/mol. The Morgan fingerprint density at radius 1 is 1.12 bits per heavy atom. The molecular formula is C18H21N3O4S. The van der Waals surface area contributed by atoms with Crippen LogP contribution in [0, 0.1) is 6.92 Å². The van der Waals surface area contributed by atoms with Gasteiger partial charge in [-0.2, -0.15) is 0 Å². The molecule has 0 aliphatic carbocycles. The highest BCUT2D eigenvalue weighted by Crippen LogP contribution is 2.29. The summed E-state index contributed by atoms with van der Waals surface area (Å²) >= 11 is 1.37. The molecule has 0 unspecified atom stereocenters. The van der Waals surface area contributed by atoms with Crippen molar-refractivity contribution in [2.75, 3.05) is 11.9 Å². The Labute approximate surface area is 155 Å². The number of aromatic nitrogens is 1. The topological polar surface area (TPSA) is 108 Å². The van der Waals surface area contributed by atoms with Crippen LogP contribution in [0.1, 0.15) is 51.5 Å². The molecule has 26 heavy (non-hydrogen) atoms. The molecule has 0 radical (unpaired) electrons. The van der Waals surface area contributed by atoms with Gasteiger partial charge < -0.3 is 15.7 Å². The molecule has 8 heteroatoms. The number of carbonyl (C=O) groups excluding carboxylic acids is 2. The fraction of sp³-hybridized carbons (Fsp3) is 0.333. The van der Waals surface area contributed by atoms with Crippen LogP contribution in [0.3, 0.4) is 0 Å². The Morgan fingerprint density at radius 3 is 2.23 bits per heavy atom. The van der Waals surface area contributed by atoms with Crippen LogP contribution in [-0.2, 0) is 10.2 Å². The SMILES string of the molecule is Cc1nc(C(C)(C)C)sc1C(=O)Nc1ccc(C(=O)NCC(=O)O)cc1. The molecule has 0 aliphatic rings. The normalized spacial score (nSPS) is 11.1. The highest BCUT2D eigenvalue weighted by Gasteiger charge is 2.23. The molecule has 2 rings (SSSR count). The summed E-state index contributed by atoms with van der Waals surface area (Å²) in [6.07, 6.45) is 0. The molecule has 138 valence electrons. The summed E-state index contributed by atoms with van der Waals surface area (Å²) in [5.41, 5.74) is 1.41. The number of aliphatic carboxylic acids is 1. The molecule has 0 saturated heterocycles. The first-order valence-corrected chi connectivity index (χ1v) is 8.79. The molecule has 0 saturated carbocycles. The minimum Gasteiger partial charge on any atom is -0.480 e. The summed E-state index contributed by atoms with van der Waals surface area (Å²) in [5, 5.41) is 14.5. The lowest BCUT2D eigenvalue weighted by Gasteiger charge is -2.13. The minimum atomic E-state index is -1.11. The molecule has 0 fully saturated rings. The first-order valence-electron chi connectivity index (χ1n) is 7.97. The van der Waals surface area contributed by atoms with Crippen LogP contribution in [0.5, 0.6) is 0 Å².